The second-order valence-corrected chi connectivity index (χ2v) is 6.99. The summed E-state index contributed by atoms with van der Waals surface area (Å²) >= 11 is 1.28. The van der Waals surface area contributed by atoms with E-state index in [9.17, 15) is 9.59 Å². The van der Waals surface area contributed by atoms with Crippen LogP contribution in [-0.4, -0.2) is 11.9 Å². The first-order chi connectivity index (χ1) is 12.5. The lowest BCUT2D eigenvalue weighted by molar-refractivity contribution is -0.125. The van der Waals surface area contributed by atoms with Crippen LogP contribution in [0.3, 0.4) is 0 Å². The maximum atomic E-state index is 12.9. The van der Waals surface area contributed by atoms with E-state index in [2.05, 4.69) is 5.32 Å². The van der Waals surface area contributed by atoms with Gasteiger partial charge >= 0.3 is 5.97 Å². The number of nitrogens with one attached hydrogen (secondary N) is 1. The van der Waals surface area contributed by atoms with Crippen LogP contribution in [0.4, 0.5) is 5.69 Å². The van der Waals surface area contributed by atoms with Gasteiger partial charge in [0.2, 0.25) is 6.10 Å². The standard InChI is InChI=1S/C21H19NO3S/c1-14-11-15(2)13-17(12-14)22-20(23)19(16-7-4-3-5-8-16)25-21(24)18-9-6-10-26-18/h3-13,19H,1-2H3,(H,22,23)/t19-/m1/s1. The second kappa shape index (κ2) is 7.97. The van der Waals surface area contributed by atoms with Crippen molar-refractivity contribution in [3.63, 3.8) is 0 Å². The van der Waals surface area contributed by atoms with Crippen molar-refractivity contribution in [2.45, 2.75) is 20.0 Å². The van der Waals surface area contributed by atoms with Gasteiger partial charge in [-0.3, -0.25) is 4.79 Å². The molecule has 1 amide bonds. The lowest BCUT2D eigenvalue weighted by atomic mass is 10.1. The molecule has 1 heterocycles. The number of carbonyl (C=O) groups excluding carboxylic acids is 2. The number of esters is 1. The second-order valence-electron chi connectivity index (χ2n) is 6.04. The SMILES string of the molecule is Cc1cc(C)cc(NC(=O)[C@H](OC(=O)c2cccs2)c2ccccc2)c1. The summed E-state index contributed by atoms with van der Waals surface area (Å²) < 4.78 is 5.53. The van der Waals surface area contributed by atoms with Crippen molar-refractivity contribution in [3.8, 4) is 0 Å². The molecule has 3 aromatic rings. The van der Waals surface area contributed by atoms with Crippen molar-refractivity contribution >= 4 is 28.9 Å². The van der Waals surface area contributed by atoms with Gasteiger partial charge in [-0.05, 0) is 48.6 Å². The molecule has 0 aliphatic heterocycles. The van der Waals surface area contributed by atoms with Crippen LogP contribution in [0, 0.1) is 13.8 Å². The third-order valence-electron chi connectivity index (χ3n) is 3.78. The summed E-state index contributed by atoms with van der Waals surface area (Å²) in [7, 11) is 0. The molecule has 0 fully saturated rings. The van der Waals surface area contributed by atoms with E-state index in [0.29, 0.717) is 16.1 Å². The number of thiophene rings is 1. The number of rotatable bonds is 5. The molecule has 26 heavy (non-hydrogen) atoms. The van der Waals surface area contributed by atoms with Crippen LogP contribution >= 0.6 is 11.3 Å². The average molecular weight is 365 g/mol. The zero-order chi connectivity index (χ0) is 18.5. The van der Waals surface area contributed by atoms with Crippen molar-refractivity contribution in [2.75, 3.05) is 5.32 Å². The lowest BCUT2D eigenvalue weighted by Crippen LogP contribution is -2.25. The topological polar surface area (TPSA) is 55.4 Å². The molecule has 0 radical (unpaired) electrons. The molecule has 0 saturated carbocycles. The molecule has 3 rings (SSSR count). The molecule has 0 unspecified atom stereocenters. The van der Waals surface area contributed by atoms with E-state index in [0.717, 1.165) is 11.1 Å². The Morgan fingerprint density at radius 3 is 2.27 bits per heavy atom. The fourth-order valence-electron chi connectivity index (χ4n) is 2.72. The minimum atomic E-state index is -1.02. The maximum absolute atomic E-state index is 12.9. The molecule has 2 aromatic carbocycles. The molecule has 0 aliphatic rings. The van der Waals surface area contributed by atoms with Crippen molar-refractivity contribution in [1.29, 1.82) is 0 Å². The highest BCUT2D eigenvalue weighted by Crippen LogP contribution is 2.23. The number of hydrogen-bond acceptors (Lipinski definition) is 4. The van der Waals surface area contributed by atoms with Crippen molar-refractivity contribution < 1.29 is 14.3 Å². The molecule has 0 bridgehead atoms. The van der Waals surface area contributed by atoms with E-state index in [1.165, 1.54) is 11.3 Å². The number of amides is 1. The Balaban J connectivity index is 1.85. The molecular weight excluding hydrogens is 346 g/mol. The summed E-state index contributed by atoms with van der Waals surface area (Å²) in [6.07, 6.45) is -1.02. The Labute approximate surface area is 156 Å². The third-order valence-corrected chi connectivity index (χ3v) is 4.63. The summed E-state index contributed by atoms with van der Waals surface area (Å²) in [5, 5.41) is 4.66. The van der Waals surface area contributed by atoms with Gasteiger partial charge in [-0.15, -0.1) is 11.3 Å². The molecule has 1 N–H and O–H groups in total. The van der Waals surface area contributed by atoms with Crippen LogP contribution in [-0.2, 0) is 9.53 Å². The highest BCUT2D eigenvalue weighted by Gasteiger charge is 2.26. The predicted octanol–water partition coefficient (Wildman–Crippen LogP) is 4.90. The van der Waals surface area contributed by atoms with E-state index in [-0.39, 0.29) is 5.91 Å². The summed E-state index contributed by atoms with van der Waals surface area (Å²) in [4.78, 5) is 25.7. The molecular formula is C21H19NO3S. The fourth-order valence-corrected chi connectivity index (χ4v) is 3.32. The molecule has 0 aliphatic carbocycles. The Hall–Kier alpha value is -2.92. The molecule has 5 heteroatoms. The molecule has 1 atom stereocenters. The molecule has 4 nitrogen and oxygen atoms in total. The first kappa shape index (κ1) is 17.9. The Morgan fingerprint density at radius 1 is 0.962 bits per heavy atom. The average Bonchev–Trinajstić information content (AvgIpc) is 3.14. The van der Waals surface area contributed by atoms with Gasteiger partial charge in [0.25, 0.3) is 5.91 Å². The zero-order valence-corrected chi connectivity index (χ0v) is 15.4. The van der Waals surface area contributed by atoms with Gasteiger partial charge in [0.1, 0.15) is 4.88 Å². The van der Waals surface area contributed by atoms with Crippen LogP contribution in [0.25, 0.3) is 0 Å². The Morgan fingerprint density at radius 2 is 1.65 bits per heavy atom. The van der Waals surface area contributed by atoms with Gasteiger partial charge in [-0.2, -0.15) is 0 Å². The van der Waals surface area contributed by atoms with Crippen molar-refractivity contribution in [1.82, 2.24) is 0 Å². The van der Waals surface area contributed by atoms with Crippen molar-refractivity contribution in [3.05, 3.63) is 87.6 Å². The fraction of sp³-hybridized carbons (Fsp3) is 0.143. The quantitative estimate of drug-likeness (QED) is 0.654. The smallest absolute Gasteiger partial charge is 0.349 e. The number of carbonyl (C=O) groups is 2. The van der Waals surface area contributed by atoms with Gasteiger partial charge in [0.05, 0.1) is 0 Å². The van der Waals surface area contributed by atoms with E-state index < -0.39 is 12.1 Å². The lowest BCUT2D eigenvalue weighted by Gasteiger charge is -2.18. The highest BCUT2D eigenvalue weighted by atomic mass is 32.1. The van der Waals surface area contributed by atoms with Crippen LogP contribution in [0.2, 0.25) is 0 Å². The van der Waals surface area contributed by atoms with E-state index in [1.54, 1.807) is 29.6 Å². The molecule has 0 spiro atoms. The number of anilines is 1. The first-order valence-electron chi connectivity index (χ1n) is 8.21. The number of hydrogen-bond donors (Lipinski definition) is 1. The summed E-state index contributed by atoms with van der Waals surface area (Å²) in [5.41, 5.74) is 3.40. The normalized spacial score (nSPS) is 11.6. The summed E-state index contributed by atoms with van der Waals surface area (Å²) in [6, 6.07) is 18.3. The van der Waals surface area contributed by atoms with Gasteiger partial charge in [0, 0.05) is 11.3 Å². The molecule has 132 valence electrons. The number of ether oxygens (including phenoxy) is 1. The molecule has 1 aromatic heterocycles. The highest BCUT2D eigenvalue weighted by molar-refractivity contribution is 7.11. The predicted molar refractivity (Wildman–Crippen MR) is 103 cm³/mol. The number of benzene rings is 2. The summed E-state index contributed by atoms with van der Waals surface area (Å²) in [6.45, 7) is 3.93. The largest absolute Gasteiger partial charge is 0.443 e. The van der Waals surface area contributed by atoms with Gasteiger partial charge < -0.3 is 10.1 Å². The molecule has 0 saturated heterocycles. The number of aryl methyl sites for hydroxylation is 2. The zero-order valence-electron chi connectivity index (χ0n) is 14.6. The van der Waals surface area contributed by atoms with Crippen LogP contribution < -0.4 is 5.32 Å². The van der Waals surface area contributed by atoms with Crippen LogP contribution in [0.1, 0.15) is 32.5 Å². The minimum Gasteiger partial charge on any atom is -0.443 e. The van der Waals surface area contributed by atoms with Crippen LogP contribution in [0.5, 0.6) is 0 Å². The Bertz CT molecular complexity index is 884. The van der Waals surface area contributed by atoms with Gasteiger partial charge in [0.15, 0.2) is 0 Å². The minimum absolute atomic E-state index is 0.383. The van der Waals surface area contributed by atoms with E-state index >= 15 is 0 Å². The first-order valence-corrected chi connectivity index (χ1v) is 9.09. The van der Waals surface area contributed by atoms with E-state index in [1.807, 2.05) is 50.2 Å². The van der Waals surface area contributed by atoms with Crippen molar-refractivity contribution in [2.24, 2.45) is 0 Å². The Kier molecular flexibility index (Phi) is 5.49. The third kappa shape index (κ3) is 4.37. The van der Waals surface area contributed by atoms with Gasteiger partial charge in [-0.25, -0.2) is 4.79 Å². The van der Waals surface area contributed by atoms with E-state index in [4.69, 9.17) is 4.74 Å². The monoisotopic (exact) mass is 365 g/mol. The van der Waals surface area contributed by atoms with Gasteiger partial charge in [-0.1, -0.05) is 42.5 Å². The summed E-state index contributed by atoms with van der Waals surface area (Å²) in [5.74, 6) is -0.893. The van der Waals surface area contributed by atoms with Crippen LogP contribution in [0.15, 0.2) is 66.0 Å². The maximum Gasteiger partial charge on any atom is 0.349 e.